The van der Waals surface area contributed by atoms with Gasteiger partial charge in [0.05, 0.1) is 11.4 Å². The van der Waals surface area contributed by atoms with E-state index in [4.69, 9.17) is 4.43 Å². The van der Waals surface area contributed by atoms with Crippen molar-refractivity contribution < 1.29 is 14.0 Å². The average Bonchev–Trinajstić information content (AvgIpc) is 3.23. The molecule has 1 aromatic heterocycles. The molecule has 0 atom stereocenters. The van der Waals surface area contributed by atoms with Gasteiger partial charge >= 0.3 is 0 Å². The monoisotopic (exact) mass is 451 g/mol. The van der Waals surface area contributed by atoms with Crippen molar-refractivity contribution in [1.82, 2.24) is 5.32 Å². The van der Waals surface area contributed by atoms with Gasteiger partial charge in [0, 0.05) is 4.88 Å². The molecule has 1 amide bonds. The summed E-state index contributed by atoms with van der Waals surface area (Å²) in [7, 11) is -2.73. The lowest BCUT2D eigenvalue weighted by molar-refractivity contribution is -0.123. The van der Waals surface area contributed by atoms with Crippen LogP contribution in [0, 0.1) is 0 Å². The van der Waals surface area contributed by atoms with Crippen LogP contribution in [-0.2, 0) is 15.8 Å². The first-order chi connectivity index (χ1) is 14.7. The van der Waals surface area contributed by atoms with Crippen LogP contribution in [0.4, 0.5) is 0 Å². The number of benzene rings is 2. The maximum absolute atomic E-state index is 12.7. The summed E-state index contributed by atoms with van der Waals surface area (Å²) in [6.07, 6.45) is 0. The smallest absolute Gasteiger partial charge is 0.261 e. The summed E-state index contributed by atoms with van der Waals surface area (Å²) in [4.78, 5) is 25.8. The quantitative estimate of drug-likeness (QED) is 0.414. The molecule has 0 radical (unpaired) electrons. The van der Waals surface area contributed by atoms with E-state index in [1.165, 1.54) is 11.3 Å². The number of nitrogens with one attached hydrogen (secondary N) is 1. The molecule has 2 aromatic carbocycles. The van der Waals surface area contributed by atoms with Gasteiger partial charge in [0.1, 0.15) is 6.61 Å². The lowest BCUT2D eigenvalue weighted by atomic mass is 10.2. The van der Waals surface area contributed by atoms with Gasteiger partial charge in [-0.2, -0.15) is 0 Å². The van der Waals surface area contributed by atoms with Crippen LogP contribution in [-0.4, -0.2) is 26.6 Å². The second kappa shape index (κ2) is 9.72. The predicted molar refractivity (Wildman–Crippen MR) is 130 cm³/mol. The first-order valence-corrected chi connectivity index (χ1v) is 13.1. The minimum atomic E-state index is -2.73. The van der Waals surface area contributed by atoms with Crippen LogP contribution in [0.1, 0.15) is 42.2 Å². The van der Waals surface area contributed by atoms with E-state index in [0.29, 0.717) is 11.4 Å². The van der Waals surface area contributed by atoms with Gasteiger partial charge in [-0.1, -0.05) is 81.4 Å². The summed E-state index contributed by atoms with van der Waals surface area (Å²) in [5.74, 6) is -0.122. The Kier molecular flexibility index (Phi) is 7.25. The topological polar surface area (TPSA) is 55.4 Å². The predicted octanol–water partition coefficient (Wildman–Crippen LogP) is 4.14. The fourth-order valence-electron chi connectivity index (χ4n) is 3.83. The molecule has 1 heterocycles. The van der Waals surface area contributed by atoms with Gasteiger partial charge in [0.25, 0.3) is 8.32 Å². The molecule has 3 rings (SSSR count). The van der Waals surface area contributed by atoms with Crippen molar-refractivity contribution in [3.63, 3.8) is 0 Å². The van der Waals surface area contributed by atoms with E-state index in [-0.39, 0.29) is 23.3 Å². The normalized spacial score (nSPS) is 11.9. The van der Waals surface area contributed by atoms with Crippen molar-refractivity contribution in [3.8, 4) is 0 Å². The third-order valence-electron chi connectivity index (χ3n) is 5.31. The van der Waals surface area contributed by atoms with Gasteiger partial charge in [0.15, 0.2) is 5.78 Å². The van der Waals surface area contributed by atoms with E-state index < -0.39 is 8.32 Å². The Hall–Kier alpha value is -2.54. The molecule has 1 N–H and O–H groups in total. The van der Waals surface area contributed by atoms with Gasteiger partial charge in [-0.3, -0.25) is 9.59 Å². The fraction of sp³-hybridized carbons (Fsp3) is 0.280. The molecule has 0 aliphatic heterocycles. The van der Waals surface area contributed by atoms with Crippen molar-refractivity contribution in [3.05, 3.63) is 82.6 Å². The highest BCUT2D eigenvalue weighted by Crippen LogP contribution is 2.36. The van der Waals surface area contributed by atoms with E-state index in [1.54, 1.807) is 13.0 Å². The highest BCUT2D eigenvalue weighted by Gasteiger charge is 2.50. The van der Waals surface area contributed by atoms with Crippen LogP contribution in [0.3, 0.4) is 0 Å². The van der Waals surface area contributed by atoms with Crippen LogP contribution in [0.25, 0.3) is 0 Å². The molecule has 0 aliphatic carbocycles. The summed E-state index contributed by atoms with van der Waals surface area (Å²) in [6.45, 7) is 8.48. The minimum Gasteiger partial charge on any atom is -0.398 e. The summed E-state index contributed by atoms with van der Waals surface area (Å²) < 4.78 is 6.64. The molecule has 0 saturated heterocycles. The maximum Gasteiger partial charge on any atom is 0.261 e. The van der Waals surface area contributed by atoms with E-state index in [9.17, 15) is 9.59 Å². The largest absolute Gasteiger partial charge is 0.398 e. The van der Waals surface area contributed by atoms with Gasteiger partial charge in [-0.15, -0.1) is 11.3 Å². The Morgan fingerprint density at radius 3 is 1.90 bits per heavy atom. The Morgan fingerprint density at radius 2 is 1.45 bits per heavy atom. The summed E-state index contributed by atoms with van der Waals surface area (Å²) >= 11 is 1.41. The lowest BCUT2D eigenvalue weighted by Crippen LogP contribution is -2.67. The van der Waals surface area contributed by atoms with Crippen LogP contribution in [0.2, 0.25) is 5.04 Å². The molecule has 0 spiro atoms. The molecule has 6 heteroatoms. The maximum atomic E-state index is 12.7. The van der Waals surface area contributed by atoms with Crippen molar-refractivity contribution in [1.29, 1.82) is 0 Å². The molecule has 0 saturated carbocycles. The standard InChI is InChI=1S/C25H29NO3SSi/c1-19(27)23-16-15-20(30-23)17-26-24(28)18-29-31(25(2,3)4,21-11-7-5-8-12-21)22-13-9-6-10-14-22/h5-16H,17-18H2,1-4H3,(H,26,28). The molecule has 3 aromatic rings. The zero-order valence-electron chi connectivity index (χ0n) is 18.5. The number of ketones is 1. The molecule has 0 fully saturated rings. The van der Waals surface area contributed by atoms with Crippen LogP contribution >= 0.6 is 11.3 Å². The third-order valence-corrected chi connectivity index (χ3v) is 11.5. The van der Waals surface area contributed by atoms with Crippen LogP contribution < -0.4 is 15.7 Å². The Bertz CT molecular complexity index is 986. The molecule has 31 heavy (non-hydrogen) atoms. The number of amides is 1. The average molecular weight is 452 g/mol. The molecule has 0 aliphatic rings. The first kappa shape index (κ1) is 23.1. The Labute approximate surface area is 189 Å². The molecule has 0 bridgehead atoms. The minimum absolute atomic E-state index is 0.0157. The first-order valence-electron chi connectivity index (χ1n) is 10.4. The summed E-state index contributed by atoms with van der Waals surface area (Å²) in [6, 6.07) is 24.2. The van der Waals surface area contributed by atoms with Crippen molar-refractivity contribution >= 4 is 41.7 Å². The molecular weight excluding hydrogens is 422 g/mol. The summed E-state index contributed by atoms with van der Waals surface area (Å²) in [5, 5.41) is 5.04. The SMILES string of the molecule is CC(=O)c1ccc(CNC(=O)CO[Si](c2ccccc2)(c2ccccc2)C(C)(C)C)s1. The second-order valence-corrected chi connectivity index (χ2v) is 14.0. The number of hydrogen-bond donors (Lipinski definition) is 1. The Morgan fingerprint density at radius 1 is 0.903 bits per heavy atom. The highest BCUT2D eigenvalue weighted by atomic mass is 32.1. The summed E-state index contributed by atoms with van der Waals surface area (Å²) in [5.41, 5.74) is 0. The van der Waals surface area contributed by atoms with Gasteiger partial charge in [-0.25, -0.2) is 0 Å². The highest BCUT2D eigenvalue weighted by molar-refractivity contribution is 7.14. The molecule has 162 valence electrons. The van der Waals surface area contributed by atoms with E-state index >= 15 is 0 Å². The molecule has 0 unspecified atom stereocenters. The number of hydrogen-bond acceptors (Lipinski definition) is 4. The third kappa shape index (κ3) is 5.21. The second-order valence-electron chi connectivity index (χ2n) is 8.55. The molecular formula is C25H29NO3SSi. The lowest BCUT2D eigenvalue weighted by Gasteiger charge is -2.42. The fourth-order valence-corrected chi connectivity index (χ4v) is 9.18. The zero-order chi connectivity index (χ0) is 22.5. The number of thiophene rings is 1. The van der Waals surface area contributed by atoms with Crippen molar-refractivity contribution in [2.45, 2.75) is 39.3 Å². The van der Waals surface area contributed by atoms with Gasteiger partial charge in [-0.05, 0) is 34.5 Å². The van der Waals surface area contributed by atoms with Crippen molar-refractivity contribution in [2.24, 2.45) is 0 Å². The van der Waals surface area contributed by atoms with E-state index in [1.807, 2.05) is 42.5 Å². The van der Waals surface area contributed by atoms with Gasteiger partial charge < -0.3 is 9.74 Å². The number of rotatable bonds is 8. The Balaban J connectivity index is 1.82. The van der Waals surface area contributed by atoms with Crippen LogP contribution in [0.15, 0.2) is 72.8 Å². The number of carbonyl (C=O) groups is 2. The van der Waals surface area contributed by atoms with Crippen LogP contribution in [0.5, 0.6) is 0 Å². The number of Topliss-reactive ketones (excluding diaryl/α,β-unsaturated/α-hetero) is 1. The molecule has 4 nitrogen and oxygen atoms in total. The number of carbonyl (C=O) groups excluding carboxylic acids is 2. The van der Waals surface area contributed by atoms with E-state index in [0.717, 1.165) is 15.3 Å². The zero-order valence-corrected chi connectivity index (χ0v) is 20.3. The van der Waals surface area contributed by atoms with Gasteiger partial charge in [0.2, 0.25) is 5.91 Å². The van der Waals surface area contributed by atoms with E-state index in [2.05, 4.69) is 50.4 Å². The van der Waals surface area contributed by atoms with Crippen molar-refractivity contribution in [2.75, 3.05) is 6.61 Å².